The number of rotatable bonds is 5. The molecule has 1 N–H and O–H groups in total. The number of carbonyl (C=O) groups is 1. The van der Waals surface area contributed by atoms with Crippen molar-refractivity contribution < 1.29 is 14.6 Å². The summed E-state index contributed by atoms with van der Waals surface area (Å²) in [5, 5.41) is 14.5. The Balaban J connectivity index is 2.48. The summed E-state index contributed by atoms with van der Waals surface area (Å²) in [4.78, 5) is 12.5. The molecule has 7 heteroatoms. The third kappa shape index (κ3) is 2.90. The van der Waals surface area contributed by atoms with Gasteiger partial charge in [0.15, 0.2) is 0 Å². The van der Waals surface area contributed by atoms with E-state index in [4.69, 9.17) is 27.9 Å². The number of benzene rings is 1. The van der Waals surface area contributed by atoms with Gasteiger partial charge in [0.1, 0.15) is 5.56 Å². The second kappa shape index (κ2) is 6.47. The van der Waals surface area contributed by atoms with Crippen LogP contribution in [0.4, 0.5) is 0 Å². The number of carbonyl (C=O) groups excluding carboxylic acids is 1. The Bertz CT molecular complexity index is 683. The molecule has 0 radical (unpaired) electrons. The summed E-state index contributed by atoms with van der Waals surface area (Å²) in [6.07, 6.45) is 1.32. The van der Waals surface area contributed by atoms with Gasteiger partial charge in [0.05, 0.1) is 17.8 Å². The number of hydrogen-bond donors (Lipinski definition) is 1. The van der Waals surface area contributed by atoms with Gasteiger partial charge in [0, 0.05) is 29.8 Å². The van der Waals surface area contributed by atoms with Crippen LogP contribution in [0.3, 0.4) is 0 Å². The molecule has 1 heterocycles. The van der Waals surface area contributed by atoms with Crippen LogP contribution in [0.25, 0.3) is 0 Å². The molecule has 2 aromatic rings. The van der Waals surface area contributed by atoms with Gasteiger partial charge in [-0.05, 0) is 19.1 Å². The van der Waals surface area contributed by atoms with Crippen LogP contribution in [0.2, 0.25) is 10.0 Å². The number of aryl methyl sites for hydroxylation is 1. The minimum Gasteiger partial charge on any atom is -0.493 e. The van der Waals surface area contributed by atoms with Crippen molar-refractivity contribution in [2.45, 2.75) is 20.1 Å². The molecule has 112 valence electrons. The largest absolute Gasteiger partial charge is 0.493 e. The lowest BCUT2D eigenvalue weighted by atomic mass is 10.0. The molecule has 2 rings (SSSR count). The van der Waals surface area contributed by atoms with Gasteiger partial charge in [-0.3, -0.25) is 4.79 Å². The molecule has 0 amide bonds. The van der Waals surface area contributed by atoms with E-state index in [2.05, 4.69) is 5.10 Å². The van der Waals surface area contributed by atoms with E-state index in [1.54, 1.807) is 6.07 Å². The number of ether oxygens (including phenoxy) is 1. The third-order valence-electron chi connectivity index (χ3n) is 3.08. The normalized spacial score (nSPS) is 10.9. The lowest BCUT2D eigenvalue weighted by Crippen LogP contribution is -2.05. The van der Waals surface area contributed by atoms with Crippen molar-refractivity contribution in [1.82, 2.24) is 9.78 Å². The van der Waals surface area contributed by atoms with Crippen molar-refractivity contribution in [3.05, 3.63) is 45.1 Å². The molecule has 0 saturated carbocycles. The number of hydrogen-bond acceptors (Lipinski definition) is 4. The van der Waals surface area contributed by atoms with E-state index in [9.17, 15) is 9.90 Å². The maximum atomic E-state index is 12.5. The molecule has 1 aromatic heterocycles. The van der Waals surface area contributed by atoms with Crippen molar-refractivity contribution in [2.24, 2.45) is 0 Å². The lowest BCUT2D eigenvalue weighted by molar-refractivity contribution is 0.103. The molecule has 0 fully saturated rings. The number of aromatic nitrogens is 2. The molecular weight excluding hydrogens is 315 g/mol. The van der Waals surface area contributed by atoms with Gasteiger partial charge in [0.25, 0.3) is 0 Å². The molecule has 21 heavy (non-hydrogen) atoms. The first-order valence-corrected chi connectivity index (χ1v) is 7.02. The first-order valence-electron chi connectivity index (χ1n) is 6.26. The Morgan fingerprint density at radius 3 is 2.67 bits per heavy atom. The zero-order valence-corrected chi connectivity index (χ0v) is 13.1. The number of aromatic hydroxyl groups is 1. The molecule has 0 aliphatic rings. The summed E-state index contributed by atoms with van der Waals surface area (Å²) >= 11 is 12.3. The zero-order chi connectivity index (χ0) is 15.6. The van der Waals surface area contributed by atoms with E-state index < -0.39 is 5.78 Å². The van der Waals surface area contributed by atoms with E-state index >= 15 is 0 Å². The molecule has 0 unspecified atom stereocenters. The summed E-state index contributed by atoms with van der Waals surface area (Å²) in [7, 11) is 1.51. The van der Waals surface area contributed by atoms with Crippen molar-refractivity contribution in [3.8, 4) is 5.88 Å². The van der Waals surface area contributed by atoms with Crippen LogP contribution < -0.4 is 0 Å². The van der Waals surface area contributed by atoms with Gasteiger partial charge < -0.3 is 9.84 Å². The first-order chi connectivity index (χ1) is 10.0. The van der Waals surface area contributed by atoms with E-state index in [1.807, 2.05) is 6.92 Å². The second-order valence-corrected chi connectivity index (χ2v) is 5.13. The van der Waals surface area contributed by atoms with Crippen LogP contribution in [0.1, 0.15) is 28.4 Å². The predicted octanol–water partition coefficient (Wildman–Crippen LogP) is 3.29. The maximum absolute atomic E-state index is 12.5. The molecule has 0 saturated heterocycles. The highest BCUT2D eigenvalue weighted by atomic mass is 35.5. The van der Waals surface area contributed by atoms with Crippen molar-refractivity contribution in [3.63, 3.8) is 0 Å². The predicted molar refractivity (Wildman–Crippen MR) is 80.2 cm³/mol. The lowest BCUT2D eigenvalue weighted by Gasteiger charge is -2.10. The van der Waals surface area contributed by atoms with Crippen LogP contribution in [-0.4, -0.2) is 27.8 Å². The summed E-state index contributed by atoms with van der Waals surface area (Å²) in [5.74, 6) is -0.590. The highest BCUT2D eigenvalue weighted by Crippen LogP contribution is 2.31. The first kappa shape index (κ1) is 15.8. The molecule has 0 aliphatic heterocycles. The van der Waals surface area contributed by atoms with Gasteiger partial charge in [0.2, 0.25) is 11.7 Å². The van der Waals surface area contributed by atoms with E-state index in [0.717, 1.165) is 0 Å². The molecule has 0 spiro atoms. The van der Waals surface area contributed by atoms with Crippen molar-refractivity contribution >= 4 is 29.0 Å². The van der Waals surface area contributed by atoms with Gasteiger partial charge in [-0.15, -0.1) is 0 Å². The summed E-state index contributed by atoms with van der Waals surface area (Å²) < 4.78 is 6.36. The smallest absolute Gasteiger partial charge is 0.220 e. The third-order valence-corrected chi connectivity index (χ3v) is 3.86. The van der Waals surface area contributed by atoms with E-state index in [0.29, 0.717) is 17.1 Å². The quantitative estimate of drug-likeness (QED) is 0.855. The van der Waals surface area contributed by atoms with Crippen LogP contribution in [0.5, 0.6) is 5.88 Å². The van der Waals surface area contributed by atoms with Gasteiger partial charge >= 0.3 is 0 Å². The molecule has 0 aliphatic carbocycles. The van der Waals surface area contributed by atoms with Gasteiger partial charge in [-0.2, -0.15) is 5.10 Å². The van der Waals surface area contributed by atoms with Crippen LogP contribution in [0.15, 0.2) is 18.3 Å². The molecular formula is C14H14Cl2N2O3. The Morgan fingerprint density at radius 2 is 2.10 bits per heavy atom. The summed E-state index contributed by atoms with van der Waals surface area (Å²) in [5.41, 5.74) is 0.887. The topological polar surface area (TPSA) is 64.4 Å². The Morgan fingerprint density at radius 1 is 1.38 bits per heavy atom. The maximum Gasteiger partial charge on any atom is 0.220 e. The molecule has 0 atom stereocenters. The number of nitrogens with zero attached hydrogens (tertiary/aromatic N) is 2. The summed E-state index contributed by atoms with van der Waals surface area (Å²) in [6, 6.07) is 3.10. The Hall–Kier alpha value is -1.56. The molecule has 0 bridgehead atoms. The average Bonchev–Trinajstić information content (AvgIpc) is 2.84. The minimum atomic E-state index is -0.411. The summed E-state index contributed by atoms with van der Waals surface area (Å²) in [6.45, 7) is 2.47. The van der Waals surface area contributed by atoms with Crippen LogP contribution in [-0.2, 0) is 17.9 Å². The Labute approximate surface area is 132 Å². The average molecular weight is 329 g/mol. The van der Waals surface area contributed by atoms with E-state index in [1.165, 1.54) is 24.1 Å². The monoisotopic (exact) mass is 328 g/mol. The minimum absolute atomic E-state index is 0.101. The number of halogens is 2. The van der Waals surface area contributed by atoms with E-state index in [-0.39, 0.29) is 28.6 Å². The fourth-order valence-electron chi connectivity index (χ4n) is 1.97. The molecule has 5 nitrogen and oxygen atoms in total. The SMILES string of the molecule is CCn1ncc(C(=O)c2ccc(Cl)c(COC)c2Cl)c1O. The highest BCUT2D eigenvalue weighted by Gasteiger charge is 2.22. The fourth-order valence-corrected chi connectivity index (χ4v) is 2.53. The van der Waals surface area contributed by atoms with Crippen LogP contribution in [0, 0.1) is 0 Å². The zero-order valence-electron chi connectivity index (χ0n) is 11.6. The van der Waals surface area contributed by atoms with Crippen molar-refractivity contribution in [1.29, 1.82) is 0 Å². The highest BCUT2D eigenvalue weighted by molar-refractivity contribution is 6.38. The van der Waals surface area contributed by atoms with Gasteiger partial charge in [-0.25, -0.2) is 4.68 Å². The number of methoxy groups -OCH3 is 1. The second-order valence-electron chi connectivity index (χ2n) is 4.35. The van der Waals surface area contributed by atoms with Crippen LogP contribution >= 0.6 is 23.2 Å². The fraction of sp³-hybridized carbons (Fsp3) is 0.286. The van der Waals surface area contributed by atoms with Gasteiger partial charge in [-0.1, -0.05) is 23.2 Å². The standard InChI is InChI=1S/C14H14Cl2N2O3/c1-3-18-14(20)9(6-17-18)13(19)8-4-5-11(15)10(7-21-2)12(8)16/h4-6,20H,3,7H2,1-2H3. The Kier molecular flexibility index (Phi) is 4.88. The van der Waals surface area contributed by atoms with Crippen molar-refractivity contribution in [2.75, 3.05) is 7.11 Å². The number of ketones is 1. The molecule has 1 aromatic carbocycles.